The maximum absolute atomic E-state index is 12.8. The number of rotatable bonds is 4. The van der Waals surface area contributed by atoms with Crippen molar-refractivity contribution in [2.45, 2.75) is 25.2 Å². The van der Waals surface area contributed by atoms with E-state index in [1.54, 1.807) is 0 Å². The van der Waals surface area contributed by atoms with Crippen molar-refractivity contribution in [3.05, 3.63) is 72.2 Å². The first-order valence-corrected chi connectivity index (χ1v) is 8.57. The molecule has 0 N–H and O–H groups in total. The number of amides is 1. The van der Waals surface area contributed by atoms with Crippen LogP contribution in [0.2, 0.25) is 0 Å². The summed E-state index contributed by atoms with van der Waals surface area (Å²) >= 11 is 0. The van der Waals surface area contributed by atoms with Crippen LogP contribution in [-0.4, -0.2) is 33.3 Å². The molecule has 4 heteroatoms. The van der Waals surface area contributed by atoms with Gasteiger partial charge in [0.2, 0.25) is 5.91 Å². The van der Waals surface area contributed by atoms with Crippen LogP contribution >= 0.6 is 0 Å². The Morgan fingerprint density at radius 3 is 2.58 bits per heavy atom. The Bertz CT molecular complexity index is 834. The first kappa shape index (κ1) is 14.9. The average Bonchev–Trinajstić information content (AvgIpc) is 3.30. The third-order valence-electron chi connectivity index (χ3n) is 4.84. The number of benzene rings is 1. The van der Waals surface area contributed by atoms with Crippen LogP contribution in [0.15, 0.2) is 60.9 Å². The fourth-order valence-corrected chi connectivity index (χ4v) is 3.56. The molecule has 1 atom stereocenters. The highest BCUT2D eigenvalue weighted by Crippen LogP contribution is 2.29. The maximum Gasteiger partial charge on any atom is 0.223 e. The summed E-state index contributed by atoms with van der Waals surface area (Å²) in [4.78, 5) is 19.3. The number of fused-ring (bicyclic) bond motifs is 1. The van der Waals surface area contributed by atoms with Gasteiger partial charge in [-0.05, 0) is 30.5 Å². The molecule has 1 aromatic carbocycles. The largest absolute Gasteiger partial charge is 0.343 e. The monoisotopic (exact) mass is 319 g/mol. The van der Waals surface area contributed by atoms with E-state index in [2.05, 4.69) is 21.5 Å². The molecule has 3 heterocycles. The van der Waals surface area contributed by atoms with E-state index < -0.39 is 0 Å². The van der Waals surface area contributed by atoms with Gasteiger partial charge < -0.3 is 9.30 Å². The molecule has 122 valence electrons. The van der Waals surface area contributed by atoms with Crippen molar-refractivity contribution in [2.75, 3.05) is 13.1 Å². The van der Waals surface area contributed by atoms with Crippen LogP contribution in [0, 0.1) is 0 Å². The zero-order valence-electron chi connectivity index (χ0n) is 13.6. The van der Waals surface area contributed by atoms with Crippen LogP contribution in [0.5, 0.6) is 0 Å². The molecular weight excluding hydrogens is 298 g/mol. The molecule has 0 aliphatic carbocycles. The van der Waals surface area contributed by atoms with E-state index in [0.29, 0.717) is 6.42 Å². The van der Waals surface area contributed by atoms with Gasteiger partial charge in [0.25, 0.3) is 0 Å². The minimum Gasteiger partial charge on any atom is -0.343 e. The van der Waals surface area contributed by atoms with Crippen molar-refractivity contribution in [1.29, 1.82) is 0 Å². The Morgan fingerprint density at radius 2 is 1.79 bits per heavy atom. The summed E-state index contributed by atoms with van der Waals surface area (Å²) in [5.74, 6) is 0.268. The predicted octanol–water partition coefficient (Wildman–Crippen LogP) is 3.48. The van der Waals surface area contributed by atoms with Crippen LogP contribution in [0.25, 0.3) is 5.65 Å². The molecule has 3 aromatic rings. The summed E-state index contributed by atoms with van der Waals surface area (Å²) in [6.07, 6.45) is 6.67. The number of pyridine rings is 1. The second kappa shape index (κ2) is 6.48. The van der Waals surface area contributed by atoms with E-state index >= 15 is 0 Å². The third kappa shape index (κ3) is 2.80. The average molecular weight is 319 g/mol. The van der Waals surface area contributed by atoms with Crippen molar-refractivity contribution in [2.24, 2.45) is 0 Å². The van der Waals surface area contributed by atoms with Gasteiger partial charge in [-0.2, -0.15) is 0 Å². The van der Waals surface area contributed by atoms with E-state index in [0.717, 1.165) is 42.8 Å². The maximum atomic E-state index is 12.8. The number of likely N-dealkylation sites (tertiary alicyclic amines) is 1. The van der Waals surface area contributed by atoms with E-state index in [-0.39, 0.29) is 11.8 Å². The van der Waals surface area contributed by atoms with Crippen LogP contribution in [0.4, 0.5) is 0 Å². The summed E-state index contributed by atoms with van der Waals surface area (Å²) in [5.41, 5.74) is 3.15. The molecule has 0 radical (unpaired) electrons. The highest BCUT2D eigenvalue weighted by atomic mass is 16.2. The highest BCUT2D eigenvalue weighted by Gasteiger charge is 2.25. The minimum atomic E-state index is 0.0247. The van der Waals surface area contributed by atoms with Gasteiger partial charge in [0.1, 0.15) is 5.65 Å². The fourth-order valence-electron chi connectivity index (χ4n) is 3.56. The lowest BCUT2D eigenvalue weighted by Gasteiger charge is -2.21. The van der Waals surface area contributed by atoms with Crippen molar-refractivity contribution >= 4 is 11.6 Å². The summed E-state index contributed by atoms with van der Waals surface area (Å²) < 4.78 is 2.09. The molecule has 0 bridgehead atoms. The molecule has 2 aromatic heterocycles. The number of carbonyl (C=O) groups excluding carboxylic acids is 1. The lowest BCUT2D eigenvalue weighted by molar-refractivity contribution is -0.130. The Labute approximate surface area is 141 Å². The van der Waals surface area contributed by atoms with Gasteiger partial charge in [-0.15, -0.1) is 0 Å². The molecule has 0 saturated carbocycles. The van der Waals surface area contributed by atoms with E-state index in [9.17, 15) is 4.79 Å². The Morgan fingerprint density at radius 1 is 1.04 bits per heavy atom. The smallest absolute Gasteiger partial charge is 0.223 e. The molecule has 1 amide bonds. The van der Waals surface area contributed by atoms with Crippen molar-refractivity contribution < 1.29 is 4.79 Å². The van der Waals surface area contributed by atoms with Gasteiger partial charge in [-0.3, -0.25) is 4.79 Å². The van der Waals surface area contributed by atoms with E-state index in [1.807, 2.05) is 53.7 Å². The molecule has 0 spiro atoms. The van der Waals surface area contributed by atoms with Crippen molar-refractivity contribution in [3.8, 4) is 0 Å². The van der Waals surface area contributed by atoms with Gasteiger partial charge in [0, 0.05) is 37.8 Å². The van der Waals surface area contributed by atoms with Crippen molar-refractivity contribution in [1.82, 2.24) is 14.3 Å². The van der Waals surface area contributed by atoms with Gasteiger partial charge in [-0.1, -0.05) is 36.4 Å². The quantitative estimate of drug-likeness (QED) is 0.738. The number of carbonyl (C=O) groups is 1. The van der Waals surface area contributed by atoms with E-state index in [1.165, 1.54) is 0 Å². The third-order valence-corrected chi connectivity index (χ3v) is 4.84. The van der Waals surface area contributed by atoms with Crippen LogP contribution in [0.3, 0.4) is 0 Å². The lowest BCUT2D eigenvalue weighted by atomic mass is 9.92. The summed E-state index contributed by atoms with van der Waals surface area (Å²) in [6, 6.07) is 16.3. The van der Waals surface area contributed by atoms with Crippen LogP contribution in [-0.2, 0) is 4.79 Å². The Kier molecular flexibility index (Phi) is 4.03. The van der Waals surface area contributed by atoms with Gasteiger partial charge in [0.15, 0.2) is 0 Å². The van der Waals surface area contributed by atoms with Crippen LogP contribution in [0.1, 0.15) is 36.4 Å². The summed E-state index contributed by atoms with van der Waals surface area (Å²) in [7, 11) is 0. The Hall–Kier alpha value is -2.62. The molecule has 4 nitrogen and oxygen atoms in total. The zero-order valence-corrected chi connectivity index (χ0v) is 13.6. The fraction of sp³-hybridized carbons (Fsp3) is 0.300. The SMILES string of the molecule is O=C(CC(c1ccccc1)c1cnc2ccccn12)N1CCCC1. The lowest BCUT2D eigenvalue weighted by Crippen LogP contribution is -2.29. The molecule has 1 aliphatic heterocycles. The number of aromatic nitrogens is 2. The van der Waals surface area contributed by atoms with Crippen LogP contribution < -0.4 is 0 Å². The molecular formula is C20H21N3O. The Balaban J connectivity index is 1.72. The topological polar surface area (TPSA) is 37.6 Å². The number of nitrogens with zero attached hydrogens (tertiary/aromatic N) is 3. The molecule has 1 aliphatic rings. The molecule has 1 saturated heterocycles. The molecule has 1 fully saturated rings. The number of hydrogen-bond donors (Lipinski definition) is 0. The normalized spacial score (nSPS) is 15.8. The summed E-state index contributed by atoms with van der Waals surface area (Å²) in [5, 5.41) is 0. The molecule has 24 heavy (non-hydrogen) atoms. The van der Waals surface area contributed by atoms with Gasteiger partial charge in [-0.25, -0.2) is 4.98 Å². The summed E-state index contributed by atoms with van der Waals surface area (Å²) in [6.45, 7) is 1.79. The zero-order chi connectivity index (χ0) is 16.4. The number of hydrogen-bond acceptors (Lipinski definition) is 2. The second-order valence-corrected chi connectivity index (χ2v) is 6.37. The highest BCUT2D eigenvalue weighted by molar-refractivity contribution is 5.78. The molecule has 4 rings (SSSR count). The van der Waals surface area contributed by atoms with Gasteiger partial charge in [0.05, 0.1) is 5.69 Å². The number of imidazole rings is 1. The minimum absolute atomic E-state index is 0.0247. The first-order chi connectivity index (χ1) is 11.8. The first-order valence-electron chi connectivity index (χ1n) is 8.57. The predicted molar refractivity (Wildman–Crippen MR) is 93.9 cm³/mol. The second-order valence-electron chi connectivity index (χ2n) is 6.37. The molecule has 1 unspecified atom stereocenters. The van der Waals surface area contributed by atoms with E-state index in [4.69, 9.17) is 0 Å². The standard InChI is InChI=1S/C20H21N3O/c24-20(22-11-6-7-12-22)14-17(16-8-2-1-3-9-16)18-15-21-19-10-4-5-13-23(18)19/h1-5,8-10,13,15,17H,6-7,11-12,14H2. The van der Waals surface area contributed by atoms with Gasteiger partial charge >= 0.3 is 0 Å². The van der Waals surface area contributed by atoms with Crippen molar-refractivity contribution in [3.63, 3.8) is 0 Å².